The van der Waals surface area contributed by atoms with Gasteiger partial charge in [-0.05, 0) is 55.5 Å². The molecule has 3 saturated carbocycles. The van der Waals surface area contributed by atoms with E-state index in [9.17, 15) is 18.4 Å². The first-order valence-corrected chi connectivity index (χ1v) is 10.1. The highest BCUT2D eigenvalue weighted by Crippen LogP contribution is 2.67. The van der Waals surface area contributed by atoms with Crippen LogP contribution >= 0.6 is 11.6 Å². The van der Waals surface area contributed by atoms with Crippen LogP contribution in [-0.4, -0.2) is 30.5 Å². The minimum Gasteiger partial charge on any atom is -0.484 e. The van der Waals surface area contributed by atoms with E-state index in [1.807, 2.05) is 0 Å². The number of hydrogen-bond acceptors (Lipinski definition) is 3. The molecule has 3 aliphatic rings. The molecule has 0 aromatic heterocycles. The Hall–Kier alpha value is -2.67. The second-order valence-electron chi connectivity index (χ2n) is 8.14. The molecule has 0 spiro atoms. The van der Waals surface area contributed by atoms with E-state index in [-0.39, 0.29) is 40.5 Å². The molecule has 5 nitrogen and oxygen atoms in total. The van der Waals surface area contributed by atoms with E-state index in [0.29, 0.717) is 32.2 Å². The molecule has 0 heterocycles. The van der Waals surface area contributed by atoms with Crippen molar-refractivity contribution in [2.45, 2.75) is 31.2 Å². The third-order valence-corrected chi connectivity index (χ3v) is 6.10. The Labute approximate surface area is 177 Å². The van der Waals surface area contributed by atoms with Gasteiger partial charge in [0.25, 0.3) is 5.91 Å². The van der Waals surface area contributed by atoms with Crippen molar-refractivity contribution in [2.24, 2.45) is 5.41 Å². The maximum Gasteiger partial charge on any atom is 0.258 e. The summed E-state index contributed by atoms with van der Waals surface area (Å²) in [4.78, 5) is 24.6. The predicted molar refractivity (Wildman–Crippen MR) is 107 cm³/mol. The maximum absolute atomic E-state index is 13.4. The van der Waals surface area contributed by atoms with E-state index < -0.39 is 11.2 Å². The summed E-state index contributed by atoms with van der Waals surface area (Å²) in [5.41, 5.74) is 0.203. The molecule has 2 amide bonds. The predicted octanol–water partition coefficient (Wildman–Crippen LogP) is 3.39. The largest absolute Gasteiger partial charge is 0.484 e. The summed E-state index contributed by atoms with van der Waals surface area (Å²) < 4.78 is 31.6. The fourth-order valence-electron chi connectivity index (χ4n) is 4.37. The molecule has 5 rings (SSSR count). The van der Waals surface area contributed by atoms with Gasteiger partial charge in [0, 0.05) is 18.2 Å². The molecule has 0 radical (unpaired) electrons. The number of carbonyl (C=O) groups is 2. The topological polar surface area (TPSA) is 67.4 Å². The number of halogens is 3. The van der Waals surface area contributed by atoms with E-state index >= 15 is 0 Å². The van der Waals surface area contributed by atoms with Crippen molar-refractivity contribution in [3.05, 3.63) is 64.7 Å². The average Bonchev–Trinajstić information content (AvgIpc) is 2.66. The van der Waals surface area contributed by atoms with Gasteiger partial charge >= 0.3 is 0 Å². The molecular formula is C22H21ClF2N2O3. The quantitative estimate of drug-likeness (QED) is 0.669. The standard InChI is InChI=1S/C22H21ClF2N2O3/c23-17-6-5-16(9-18(17)25)30-10-19(28)27-22-11-21(12-22,13-22)20(29)26-8-7-14-1-3-15(24)4-2-14/h1-6,9H,7-8,10-13H2,(H,26,29)(H,27,28). The van der Waals surface area contributed by atoms with Crippen molar-refractivity contribution in [3.63, 3.8) is 0 Å². The van der Waals surface area contributed by atoms with Gasteiger partial charge in [-0.1, -0.05) is 23.7 Å². The van der Waals surface area contributed by atoms with E-state index in [1.165, 1.54) is 24.3 Å². The molecule has 0 saturated heterocycles. The van der Waals surface area contributed by atoms with Gasteiger partial charge < -0.3 is 15.4 Å². The molecule has 158 valence electrons. The number of carbonyl (C=O) groups excluding carboxylic acids is 2. The minimum atomic E-state index is -0.610. The highest BCUT2D eigenvalue weighted by Gasteiger charge is 2.72. The summed E-state index contributed by atoms with van der Waals surface area (Å²) in [5, 5.41) is 5.85. The maximum atomic E-state index is 13.4. The first-order valence-electron chi connectivity index (χ1n) is 9.71. The zero-order chi connectivity index (χ0) is 21.4. The lowest BCUT2D eigenvalue weighted by Crippen LogP contribution is -2.78. The monoisotopic (exact) mass is 434 g/mol. The van der Waals surface area contributed by atoms with E-state index in [2.05, 4.69) is 10.6 Å². The Morgan fingerprint density at radius 2 is 1.77 bits per heavy atom. The molecule has 0 unspecified atom stereocenters. The van der Waals surface area contributed by atoms with Gasteiger partial charge in [-0.3, -0.25) is 9.59 Å². The van der Waals surface area contributed by atoms with Crippen molar-refractivity contribution in [1.82, 2.24) is 10.6 Å². The van der Waals surface area contributed by atoms with Crippen LogP contribution < -0.4 is 15.4 Å². The number of ether oxygens (including phenoxy) is 1. The van der Waals surface area contributed by atoms with Gasteiger partial charge in [-0.2, -0.15) is 0 Å². The molecule has 2 aromatic carbocycles. The van der Waals surface area contributed by atoms with Crippen LogP contribution in [0.5, 0.6) is 5.75 Å². The van der Waals surface area contributed by atoms with Gasteiger partial charge in [0.1, 0.15) is 17.4 Å². The lowest BCUT2D eigenvalue weighted by atomic mass is 9.39. The normalized spacial score (nSPS) is 23.7. The van der Waals surface area contributed by atoms with Crippen LogP contribution in [0.3, 0.4) is 0 Å². The lowest BCUT2D eigenvalue weighted by molar-refractivity contribution is -0.183. The third-order valence-electron chi connectivity index (χ3n) is 5.79. The van der Waals surface area contributed by atoms with Crippen molar-refractivity contribution in [3.8, 4) is 5.75 Å². The summed E-state index contributed by atoms with van der Waals surface area (Å²) in [6.07, 6.45) is 2.43. The second kappa shape index (κ2) is 7.87. The number of hydrogen-bond donors (Lipinski definition) is 2. The van der Waals surface area contributed by atoms with Crippen LogP contribution in [0, 0.1) is 17.0 Å². The summed E-state index contributed by atoms with van der Waals surface area (Å²) in [7, 11) is 0. The van der Waals surface area contributed by atoms with Gasteiger partial charge in [-0.15, -0.1) is 0 Å². The number of nitrogens with one attached hydrogen (secondary N) is 2. The molecule has 2 aromatic rings. The van der Waals surface area contributed by atoms with Crippen molar-refractivity contribution in [1.29, 1.82) is 0 Å². The fraction of sp³-hybridized carbons (Fsp3) is 0.364. The van der Waals surface area contributed by atoms with Crippen molar-refractivity contribution >= 4 is 23.4 Å². The van der Waals surface area contributed by atoms with Crippen LogP contribution in [-0.2, 0) is 16.0 Å². The average molecular weight is 435 g/mol. The molecule has 2 N–H and O–H groups in total. The van der Waals surface area contributed by atoms with E-state index in [4.69, 9.17) is 16.3 Å². The van der Waals surface area contributed by atoms with E-state index in [0.717, 1.165) is 11.6 Å². The van der Waals surface area contributed by atoms with Crippen LogP contribution in [0.4, 0.5) is 8.78 Å². The van der Waals surface area contributed by atoms with Gasteiger partial charge in [0.15, 0.2) is 6.61 Å². The fourth-order valence-corrected chi connectivity index (χ4v) is 4.49. The van der Waals surface area contributed by atoms with Gasteiger partial charge in [0.2, 0.25) is 5.91 Å². The lowest BCUT2D eigenvalue weighted by Gasteiger charge is -2.69. The Morgan fingerprint density at radius 1 is 1.07 bits per heavy atom. The molecule has 8 heteroatoms. The molecule has 2 bridgehead atoms. The van der Waals surface area contributed by atoms with E-state index in [1.54, 1.807) is 12.1 Å². The zero-order valence-electron chi connectivity index (χ0n) is 16.1. The Balaban J connectivity index is 1.17. The SMILES string of the molecule is O=C(COc1ccc(Cl)c(F)c1)NC12CC(C(=O)NCCc3ccc(F)cc3)(C1)C2. The van der Waals surface area contributed by atoms with Crippen LogP contribution in [0.15, 0.2) is 42.5 Å². The summed E-state index contributed by atoms with van der Waals surface area (Å²) >= 11 is 5.61. The second-order valence-corrected chi connectivity index (χ2v) is 8.54. The molecule has 3 fully saturated rings. The van der Waals surface area contributed by atoms with Crippen molar-refractivity contribution in [2.75, 3.05) is 13.2 Å². The molecule has 0 aliphatic heterocycles. The Bertz CT molecular complexity index is 961. The Kier molecular flexibility index (Phi) is 5.40. The van der Waals surface area contributed by atoms with Crippen molar-refractivity contribution < 1.29 is 23.1 Å². The summed E-state index contributed by atoms with van der Waals surface area (Å²) in [5.74, 6) is -0.984. The summed E-state index contributed by atoms with van der Waals surface area (Å²) in [6, 6.07) is 10.2. The molecule has 0 atom stereocenters. The molecular weight excluding hydrogens is 414 g/mol. The highest BCUT2D eigenvalue weighted by atomic mass is 35.5. The molecule has 3 aliphatic carbocycles. The third kappa shape index (κ3) is 4.12. The van der Waals surface area contributed by atoms with Crippen LogP contribution in [0.1, 0.15) is 24.8 Å². The first-order chi connectivity index (χ1) is 14.3. The number of amides is 2. The molecule has 30 heavy (non-hydrogen) atoms. The minimum absolute atomic E-state index is 0.00590. The van der Waals surface area contributed by atoms with Gasteiger partial charge in [-0.25, -0.2) is 8.78 Å². The smallest absolute Gasteiger partial charge is 0.258 e. The number of rotatable bonds is 8. The number of benzene rings is 2. The Morgan fingerprint density at radius 3 is 2.43 bits per heavy atom. The van der Waals surface area contributed by atoms with Gasteiger partial charge in [0.05, 0.1) is 10.4 Å². The summed E-state index contributed by atoms with van der Waals surface area (Å²) in [6.45, 7) is 0.247. The first kappa shape index (κ1) is 20.6. The van der Waals surface area contributed by atoms with Crippen LogP contribution in [0.25, 0.3) is 0 Å². The highest BCUT2D eigenvalue weighted by molar-refractivity contribution is 6.30. The zero-order valence-corrected chi connectivity index (χ0v) is 16.9. The van der Waals surface area contributed by atoms with Crippen LogP contribution in [0.2, 0.25) is 5.02 Å².